The van der Waals surface area contributed by atoms with Gasteiger partial charge in [0.2, 0.25) is 0 Å². The number of hydrogen-bond donors (Lipinski definition) is 1. The number of benzene rings is 1. The Morgan fingerprint density at radius 2 is 2.05 bits per heavy atom. The van der Waals surface area contributed by atoms with Gasteiger partial charge in [-0.15, -0.1) is 0 Å². The van der Waals surface area contributed by atoms with Crippen molar-refractivity contribution < 1.29 is 4.74 Å². The molecular weight excluding hydrogens is 314 g/mol. The standard InChI is InChI=1S/C17H26BrNO/c1-12(2)9-13(3)20-17(11-19-16-7-8-16)14-5-4-6-15(18)10-14/h4-6,10,12-13,16-17,19H,7-9,11H2,1-3H3. The minimum atomic E-state index is 0.141. The number of rotatable bonds is 8. The molecule has 1 aliphatic rings. The number of ether oxygens (including phenoxy) is 1. The van der Waals surface area contributed by atoms with E-state index in [1.54, 1.807) is 0 Å². The highest BCUT2D eigenvalue weighted by atomic mass is 79.9. The molecule has 1 saturated carbocycles. The van der Waals surface area contributed by atoms with Crippen LogP contribution in [0, 0.1) is 5.92 Å². The van der Waals surface area contributed by atoms with E-state index in [4.69, 9.17) is 4.74 Å². The van der Waals surface area contributed by atoms with E-state index >= 15 is 0 Å². The largest absolute Gasteiger partial charge is 0.369 e. The second-order valence-corrected chi connectivity index (χ2v) is 7.22. The zero-order valence-corrected chi connectivity index (χ0v) is 14.3. The fourth-order valence-electron chi connectivity index (χ4n) is 2.51. The molecule has 0 aromatic heterocycles. The molecule has 0 heterocycles. The van der Waals surface area contributed by atoms with E-state index in [0.29, 0.717) is 18.1 Å². The second kappa shape index (κ2) is 7.58. The maximum Gasteiger partial charge on any atom is 0.0953 e. The van der Waals surface area contributed by atoms with Gasteiger partial charge >= 0.3 is 0 Å². The highest BCUT2D eigenvalue weighted by Crippen LogP contribution is 2.26. The topological polar surface area (TPSA) is 21.3 Å². The van der Waals surface area contributed by atoms with Crippen molar-refractivity contribution in [2.75, 3.05) is 6.54 Å². The van der Waals surface area contributed by atoms with E-state index in [2.05, 4.69) is 66.3 Å². The molecular formula is C17H26BrNO. The first-order valence-corrected chi connectivity index (χ1v) is 8.48. The van der Waals surface area contributed by atoms with Gasteiger partial charge in [-0.25, -0.2) is 0 Å². The van der Waals surface area contributed by atoms with Crippen molar-refractivity contribution in [1.82, 2.24) is 5.32 Å². The molecule has 0 amide bonds. The van der Waals surface area contributed by atoms with Crippen LogP contribution < -0.4 is 5.32 Å². The minimum absolute atomic E-state index is 0.141. The molecule has 0 spiro atoms. The molecule has 0 bridgehead atoms. The number of nitrogens with one attached hydrogen (secondary N) is 1. The van der Waals surface area contributed by atoms with E-state index in [-0.39, 0.29) is 6.10 Å². The van der Waals surface area contributed by atoms with Gasteiger partial charge in [0.1, 0.15) is 0 Å². The minimum Gasteiger partial charge on any atom is -0.369 e. The zero-order valence-electron chi connectivity index (χ0n) is 12.7. The molecule has 0 saturated heterocycles. The van der Waals surface area contributed by atoms with Crippen LogP contribution in [-0.4, -0.2) is 18.7 Å². The predicted octanol–water partition coefficient (Wildman–Crippen LogP) is 4.69. The molecule has 112 valence electrons. The maximum absolute atomic E-state index is 6.30. The molecule has 2 unspecified atom stereocenters. The predicted molar refractivity (Wildman–Crippen MR) is 87.9 cm³/mol. The molecule has 2 atom stereocenters. The van der Waals surface area contributed by atoms with Crippen LogP contribution in [0.3, 0.4) is 0 Å². The fraction of sp³-hybridized carbons (Fsp3) is 0.647. The van der Waals surface area contributed by atoms with Crippen molar-refractivity contribution in [2.45, 2.75) is 58.3 Å². The molecule has 1 aromatic carbocycles. The highest BCUT2D eigenvalue weighted by Gasteiger charge is 2.24. The van der Waals surface area contributed by atoms with Gasteiger partial charge in [0.15, 0.2) is 0 Å². The summed E-state index contributed by atoms with van der Waals surface area (Å²) in [6.45, 7) is 7.58. The van der Waals surface area contributed by atoms with E-state index < -0.39 is 0 Å². The Kier molecular flexibility index (Phi) is 6.06. The van der Waals surface area contributed by atoms with Crippen molar-refractivity contribution in [3.05, 3.63) is 34.3 Å². The van der Waals surface area contributed by atoms with Gasteiger partial charge in [-0.1, -0.05) is 41.9 Å². The van der Waals surface area contributed by atoms with Crippen LogP contribution >= 0.6 is 15.9 Å². The summed E-state index contributed by atoms with van der Waals surface area (Å²) >= 11 is 3.55. The third-order valence-electron chi connectivity index (χ3n) is 3.59. The Balaban J connectivity index is 1.98. The quantitative estimate of drug-likeness (QED) is 0.741. The molecule has 20 heavy (non-hydrogen) atoms. The first-order chi connectivity index (χ1) is 9.54. The smallest absolute Gasteiger partial charge is 0.0953 e. The average molecular weight is 340 g/mol. The fourth-order valence-corrected chi connectivity index (χ4v) is 2.93. The third kappa shape index (κ3) is 5.55. The second-order valence-electron chi connectivity index (χ2n) is 6.30. The molecule has 1 fully saturated rings. The molecule has 1 aromatic rings. The summed E-state index contributed by atoms with van der Waals surface area (Å²) in [6, 6.07) is 9.19. The van der Waals surface area contributed by atoms with Crippen LogP contribution in [0.2, 0.25) is 0 Å². The SMILES string of the molecule is CC(C)CC(C)OC(CNC1CC1)c1cccc(Br)c1. The van der Waals surface area contributed by atoms with E-state index in [1.165, 1.54) is 18.4 Å². The van der Waals surface area contributed by atoms with Crippen molar-refractivity contribution in [1.29, 1.82) is 0 Å². The molecule has 2 rings (SSSR count). The summed E-state index contributed by atoms with van der Waals surface area (Å²) in [5.41, 5.74) is 1.25. The Bertz CT molecular complexity index is 417. The summed E-state index contributed by atoms with van der Waals surface area (Å²) in [7, 11) is 0. The lowest BCUT2D eigenvalue weighted by Crippen LogP contribution is -2.28. The van der Waals surface area contributed by atoms with Gasteiger partial charge in [-0.3, -0.25) is 0 Å². The van der Waals surface area contributed by atoms with Gasteiger partial charge in [0, 0.05) is 17.1 Å². The van der Waals surface area contributed by atoms with Gasteiger partial charge < -0.3 is 10.1 Å². The van der Waals surface area contributed by atoms with Gasteiger partial charge in [-0.05, 0) is 49.8 Å². The average Bonchev–Trinajstić information content (AvgIpc) is 3.17. The maximum atomic E-state index is 6.30. The molecule has 0 radical (unpaired) electrons. The van der Waals surface area contributed by atoms with Gasteiger partial charge in [0.05, 0.1) is 12.2 Å². The molecule has 3 heteroatoms. The monoisotopic (exact) mass is 339 g/mol. The number of halogens is 1. The summed E-state index contributed by atoms with van der Waals surface area (Å²) < 4.78 is 7.41. The summed E-state index contributed by atoms with van der Waals surface area (Å²) in [4.78, 5) is 0. The zero-order chi connectivity index (χ0) is 14.5. The van der Waals surface area contributed by atoms with E-state index in [1.807, 2.05) is 0 Å². The third-order valence-corrected chi connectivity index (χ3v) is 4.08. The van der Waals surface area contributed by atoms with Crippen LogP contribution in [0.1, 0.15) is 51.7 Å². The van der Waals surface area contributed by atoms with Crippen LogP contribution in [0.25, 0.3) is 0 Å². The van der Waals surface area contributed by atoms with E-state index in [0.717, 1.165) is 17.4 Å². The molecule has 1 aliphatic carbocycles. The highest BCUT2D eigenvalue weighted by molar-refractivity contribution is 9.10. The first kappa shape index (κ1) is 16.0. The first-order valence-electron chi connectivity index (χ1n) is 7.69. The summed E-state index contributed by atoms with van der Waals surface area (Å²) in [6.07, 6.45) is 4.16. The van der Waals surface area contributed by atoms with Gasteiger partial charge in [-0.2, -0.15) is 0 Å². The van der Waals surface area contributed by atoms with Crippen LogP contribution in [0.15, 0.2) is 28.7 Å². The van der Waals surface area contributed by atoms with Crippen molar-refractivity contribution >= 4 is 15.9 Å². The van der Waals surface area contributed by atoms with E-state index in [9.17, 15) is 0 Å². The van der Waals surface area contributed by atoms with Crippen molar-refractivity contribution in [3.63, 3.8) is 0 Å². The van der Waals surface area contributed by atoms with Crippen molar-refractivity contribution in [3.8, 4) is 0 Å². The summed E-state index contributed by atoms with van der Waals surface area (Å²) in [5.74, 6) is 0.671. The van der Waals surface area contributed by atoms with Gasteiger partial charge in [0.25, 0.3) is 0 Å². The normalized spacial score (nSPS) is 18.2. The lowest BCUT2D eigenvalue weighted by Gasteiger charge is -2.24. The van der Waals surface area contributed by atoms with Crippen LogP contribution in [-0.2, 0) is 4.74 Å². The Morgan fingerprint density at radius 1 is 1.30 bits per heavy atom. The molecule has 0 aliphatic heterocycles. The Hall–Kier alpha value is -0.380. The lowest BCUT2D eigenvalue weighted by molar-refractivity contribution is -0.0128. The number of hydrogen-bond acceptors (Lipinski definition) is 2. The molecule has 1 N–H and O–H groups in total. The molecule has 2 nitrogen and oxygen atoms in total. The Morgan fingerprint density at radius 3 is 2.65 bits per heavy atom. The van der Waals surface area contributed by atoms with Crippen LogP contribution in [0.5, 0.6) is 0 Å². The lowest BCUT2D eigenvalue weighted by atomic mass is 10.1. The van der Waals surface area contributed by atoms with Crippen molar-refractivity contribution in [2.24, 2.45) is 5.92 Å². The Labute approximate surface area is 131 Å². The van der Waals surface area contributed by atoms with Crippen LogP contribution in [0.4, 0.5) is 0 Å². The summed E-state index contributed by atoms with van der Waals surface area (Å²) in [5, 5.41) is 3.59.